The molecule has 1 saturated heterocycles. The first-order valence-corrected chi connectivity index (χ1v) is 10.7. The molecule has 1 aliphatic heterocycles. The molecule has 31 heavy (non-hydrogen) atoms. The molecule has 2 aromatic carbocycles. The summed E-state index contributed by atoms with van der Waals surface area (Å²) in [6.07, 6.45) is 3.39. The first-order valence-electron chi connectivity index (χ1n) is 10.7. The van der Waals surface area contributed by atoms with Crippen molar-refractivity contribution in [2.45, 2.75) is 45.3 Å². The van der Waals surface area contributed by atoms with Gasteiger partial charge in [0.15, 0.2) is 5.96 Å². The summed E-state index contributed by atoms with van der Waals surface area (Å²) < 4.78 is 0. The van der Waals surface area contributed by atoms with Crippen LogP contribution in [0, 0.1) is 10.1 Å². The van der Waals surface area contributed by atoms with Gasteiger partial charge in [0.05, 0.1) is 11.5 Å². The number of rotatable bonds is 8. The van der Waals surface area contributed by atoms with Gasteiger partial charge in [0, 0.05) is 37.8 Å². The lowest BCUT2D eigenvalue weighted by Gasteiger charge is -2.32. The molecule has 0 amide bonds. The second-order valence-corrected chi connectivity index (χ2v) is 7.69. The van der Waals surface area contributed by atoms with Crippen molar-refractivity contribution in [3.8, 4) is 0 Å². The van der Waals surface area contributed by atoms with Gasteiger partial charge in [-0.15, -0.1) is 24.0 Å². The number of piperidine rings is 1. The van der Waals surface area contributed by atoms with E-state index in [0.717, 1.165) is 43.0 Å². The number of guanidine groups is 1. The van der Waals surface area contributed by atoms with Gasteiger partial charge in [-0.3, -0.25) is 10.1 Å². The minimum absolute atomic E-state index is 0. The highest BCUT2D eigenvalue weighted by molar-refractivity contribution is 14.0. The van der Waals surface area contributed by atoms with Crippen molar-refractivity contribution in [3.63, 3.8) is 0 Å². The number of hydrogen-bond acceptors (Lipinski definition) is 4. The van der Waals surface area contributed by atoms with E-state index in [0.29, 0.717) is 19.1 Å². The fourth-order valence-electron chi connectivity index (χ4n) is 3.64. The third kappa shape index (κ3) is 8.45. The molecule has 0 saturated carbocycles. The predicted octanol–water partition coefficient (Wildman–Crippen LogP) is 4.32. The van der Waals surface area contributed by atoms with E-state index in [-0.39, 0.29) is 34.6 Å². The molecule has 168 valence electrons. The Morgan fingerprint density at radius 2 is 1.77 bits per heavy atom. The summed E-state index contributed by atoms with van der Waals surface area (Å²) in [5.74, 6) is 0.783. The number of nitrogens with one attached hydrogen (secondary N) is 2. The molecular formula is C23H32IN5O2. The standard InChI is InChI=1S/C23H31N5O2.HI/c1-2-14-27-15-12-21(13-16-27)26-23(24-17-19-6-4-3-5-7-19)25-18-20-8-10-22(11-9-20)28(29)30;/h3-11,21H,2,12-18H2,1H3,(H2,24,25,26);1H. The smallest absolute Gasteiger partial charge is 0.269 e. The van der Waals surface area contributed by atoms with Gasteiger partial charge < -0.3 is 15.5 Å². The van der Waals surface area contributed by atoms with E-state index < -0.39 is 0 Å². The van der Waals surface area contributed by atoms with Gasteiger partial charge in [-0.1, -0.05) is 49.4 Å². The maximum Gasteiger partial charge on any atom is 0.269 e. The minimum atomic E-state index is -0.379. The van der Waals surface area contributed by atoms with Crippen molar-refractivity contribution in [1.29, 1.82) is 0 Å². The highest BCUT2D eigenvalue weighted by Crippen LogP contribution is 2.13. The summed E-state index contributed by atoms with van der Waals surface area (Å²) in [6.45, 7) is 6.78. The molecular weight excluding hydrogens is 505 g/mol. The highest BCUT2D eigenvalue weighted by atomic mass is 127. The topological polar surface area (TPSA) is 82.8 Å². The van der Waals surface area contributed by atoms with Crippen LogP contribution in [-0.4, -0.2) is 41.5 Å². The Hall–Kier alpha value is -2.20. The van der Waals surface area contributed by atoms with Gasteiger partial charge in [0.25, 0.3) is 5.69 Å². The van der Waals surface area contributed by atoms with Crippen molar-refractivity contribution < 1.29 is 4.92 Å². The number of aliphatic imine (C=N–C) groups is 1. The van der Waals surface area contributed by atoms with Gasteiger partial charge in [0.2, 0.25) is 0 Å². The van der Waals surface area contributed by atoms with Crippen LogP contribution in [0.15, 0.2) is 59.6 Å². The molecule has 1 fully saturated rings. The number of hydrogen-bond donors (Lipinski definition) is 2. The van der Waals surface area contributed by atoms with Crippen LogP contribution in [0.25, 0.3) is 0 Å². The van der Waals surface area contributed by atoms with Crippen molar-refractivity contribution in [2.24, 2.45) is 4.99 Å². The first kappa shape index (κ1) is 25.1. The maximum atomic E-state index is 10.8. The van der Waals surface area contributed by atoms with Crippen LogP contribution in [0.5, 0.6) is 0 Å². The number of nitro groups is 1. The Labute approximate surface area is 201 Å². The highest BCUT2D eigenvalue weighted by Gasteiger charge is 2.19. The average molecular weight is 537 g/mol. The van der Waals surface area contributed by atoms with Crippen LogP contribution in [0.1, 0.15) is 37.3 Å². The van der Waals surface area contributed by atoms with Gasteiger partial charge in [0.1, 0.15) is 0 Å². The van der Waals surface area contributed by atoms with Crippen molar-refractivity contribution >= 4 is 35.6 Å². The molecule has 0 aromatic heterocycles. The van der Waals surface area contributed by atoms with E-state index in [1.165, 1.54) is 25.1 Å². The molecule has 8 heteroatoms. The lowest BCUT2D eigenvalue weighted by atomic mass is 10.1. The summed E-state index contributed by atoms with van der Waals surface area (Å²) in [5.41, 5.74) is 2.24. The molecule has 2 N–H and O–H groups in total. The molecule has 0 bridgehead atoms. The Kier molecular flexibility index (Phi) is 10.7. The Morgan fingerprint density at radius 1 is 1.10 bits per heavy atom. The summed E-state index contributed by atoms with van der Waals surface area (Å²) in [7, 11) is 0. The normalized spacial score (nSPS) is 15.2. The molecule has 0 spiro atoms. The van der Waals surface area contributed by atoms with Crippen molar-refractivity contribution in [3.05, 3.63) is 75.8 Å². The van der Waals surface area contributed by atoms with Gasteiger partial charge in [-0.25, -0.2) is 4.99 Å². The van der Waals surface area contributed by atoms with Crippen LogP contribution >= 0.6 is 24.0 Å². The molecule has 3 rings (SSSR count). The molecule has 2 aromatic rings. The SMILES string of the molecule is CCCN1CCC(NC(=NCc2ccccc2)NCc2ccc([N+](=O)[O-])cc2)CC1.I. The summed E-state index contributed by atoms with van der Waals surface area (Å²) >= 11 is 0. The van der Waals surface area contributed by atoms with Crippen LogP contribution in [0.2, 0.25) is 0 Å². The molecule has 7 nitrogen and oxygen atoms in total. The van der Waals surface area contributed by atoms with Crippen LogP contribution in [-0.2, 0) is 13.1 Å². The quantitative estimate of drug-likeness (QED) is 0.172. The molecule has 1 heterocycles. The zero-order chi connectivity index (χ0) is 21.2. The fourth-order valence-corrected chi connectivity index (χ4v) is 3.64. The van der Waals surface area contributed by atoms with Crippen LogP contribution in [0.4, 0.5) is 5.69 Å². The molecule has 0 unspecified atom stereocenters. The summed E-state index contributed by atoms with van der Waals surface area (Å²) in [4.78, 5) is 17.8. The predicted molar refractivity (Wildman–Crippen MR) is 136 cm³/mol. The third-order valence-corrected chi connectivity index (χ3v) is 5.34. The second kappa shape index (κ2) is 13.3. The monoisotopic (exact) mass is 537 g/mol. The number of non-ortho nitro benzene ring substituents is 1. The Bertz CT molecular complexity index is 822. The van der Waals surface area contributed by atoms with Crippen LogP contribution in [0.3, 0.4) is 0 Å². The lowest BCUT2D eigenvalue weighted by Crippen LogP contribution is -2.48. The third-order valence-electron chi connectivity index (χ3n) is 5.34. The lowest BCUT2D eigenvalue weighted by molar-refractivity contribution is -0.384. The summed E-state index contributed by atoms with van der Waals surface area (Å²) in [5, 5.41) is 17.8. The minimum Gasteiger partial charge on any atom is -0.354 e. The number of halogens is 1. The van der Waals surface area contributed by atoms with Gasteiger partial charge in [-0.05, 0) is 36.9 Å². The van der Waals surface area contributed by atoms with E-state index in [4.69, 9.17) is 4.99 Å². The average Bonchev–Trinajstić information content (AvgIpc) is 2.78. The van der Waals surface area contributed by atoms with Crippen molar-refractivity contribution in [1.82, 2.24) is 15.5 Å². The van der Waals surface area contributed by atoms with E-state index in [1.807, 2.05) is 18.2 Å². The second-order valence-electron chi connectivity index (χ2n) is 7.69. The molecule has 0 atom stereocenters. The number of nitrogens with zero attached hydrogens (tertiary/aromatic N) is 3. The van der Waals surface area contributed by atoms with Crippen LogP contribution < -0.4 is 10.6 Å². The summed E-state index contributed by atoms with van der Waals surface area (Å²) in [6, 6.07) is 17.2. The van der Waals surface area contributed by atoms with Crippen molar-refractivity contribution in [2.75, 3.05) is 19.6 Å². The van der Waals surface area contributed by atoms with Gasteiger partial charge in [-0.2, -0.15) is 0 Å². The number of nitro benzene ring substituents is 1. The zero-order valence-corrected chi connectivity index (χ0v) is 20.3. The fraction of sp³-hybridized carbons (Fsp3) is 0.435. The maximum absolute atomic E-state index is 10.8. The first-order chi connectivity index (χ1) is 14.6. The van der Waals surface area contributed by atoms with E-state index in [1.54, 1.807) is 12.1 Å². The number of likely N-dealkylation sites (tertiary alicyclic amines) is 1. The van der Waals surface area contributed by atoms with E-state index >= 15 is 0 Å². The molecule has 1 aliphatic rings. The number of benzene rings is 2. The van der Waals surface area contributed by atoms with Gasteiger partial charge >= 0.3 is 0 Å². The Morgan fingerprint density at radius 3 is 2.39 bits per heavy atom. The molecule has 0 aliphatic carbocycles. The van der Waals surface area contributed by atoms with E-state index in [9.17, 15) is 10.1 Å². The Balaban J connectivity index is 0.00000341. The molecule has 0 radical (unpaired) electrons. The van der Waals surface area contributed by atoms with E-state index in [2.05, 4.69) is 34.6 Å². The largest absolute Gasteiger partial charge is 0.354 e. The zero-order valence-electron chi connectivity index (χ0n) is 18.0.